The number of nitrogens with zero attached hydrogens (tertiary/aromatic N) is 3. The van der Waals surface area contributed by atoms with Gasteiger partial charge in [0, 0.05) is 31.1 Å². The largest absolute Gasteiger partial charge is 0.311 e. The van der Waals surface area contributed by atoms with Crippen molar-refractivity contribution in [2.45, 2.75) is 69.9 Å². The number of anilines is 1. The first-order valence-corrected chi connectivity index (χ1v) is 11.4. The third-order valence-corrected chi connectivity index (χ3v) is 7.33. The Balaban J connectivity index is 1.19. The van der Waals surface area contributed by atoms with Crippen molar-refractivity contribution in [3.63, 3.8) is 0 Å². The molecule has 0 unspecified atom stereocenters. The highest BCUT2D eigenvalue weighted by Crippen LogP contribution is 2.31. The number of benzene rings is 1. The van der Waals surface area contributed by atoms with Crippen LogP contribution in [-0.2, 0) is 17.6 Å². The predicted molar refractivity (Wildman–Crippen MR) is 115 cm³/mol. The number of nitrogens with one attached hydrogen (secondary N) is 1. The summed E-state index contributed by atoms with van der Waals surface area (Å²) in [5, 5.41) is 7.73. The van der Waals surface area contributed by atoms with Crippen molar-refractivity contribution in [3.05, 3.63) is 47.7 Å². The number of hydrogen-bond acceptors (Lipinski definition) is 3. The summed E-state index contributed by atoms with van der Waals surface area (Å²) >= 11 is 0. The molecular weight excluding hydrogens is 360 g/mol. The molecule has 1 aliphatic heterocycles. The summed E-state index contributed by atoms with van der Waals surface area (Å²) in [6.45, 7) is 2.24. The Morgan fingerprint density at radius 3 is 2.48 bits per heavy atom. The highest BCUT2D eigenvalue weighted by Gasteiger charge is 2.30. The van der Waals surface area contributed by atoms with Crippen molar-refractivity contribution in [1.29, 1.82) is 0 Å². The first-order valence-electron chi connectivity index (χ1n) is 11.4. The minimum atomic E-state index is 0.183. The van der Waals surface area contributed by atoms with Gasteiger partial charge in [-0.15, -0.1) is 0 Å². The van der Waals surface area contributed by atoms with Crippen molar-refractivity contribution in [1.82, 2.24) is 14.7 Å². The SMILES string of the molecule is O=C(Nc1ccnn1C1CCN([C@@H]2CCc3ccccc3C2)CC1)C1CCCC1. The zero-order valence-corrected chi connectivity index (χ0v) is 17.2. The molecule has 1 aromatic carbocycles. The molecule has 1 aromatic heterocycles. The predicted octanol–water partition coefficient (Wildman–Crippen LogP) is 4.21. The summed E-state index contributed by atoms with van der Waals surface area (Å²) < 4.78 is 2.07. The van der Waals surface area contributed by atoms with Gasteiger partial charge in [0.25, 0.3) is 0 Å². The van der Waals surface area contributed by atoms with Crippen LogP contribution in [-0.4, -0.2) is 39.7 Å². The minimum Gasteiger partial charge on any atom is -0.311 e. The monoisotopic (exact) mass is 392 g/mol. The van der Waals surface area contributed by atoms with E-state index in [1.54, 1.807) is 0 Å². The Kier molecular flexibility index (Phi) is 5.40. The molecule has 2 fully saturated rings. The van der Waals surface area contributed by atoms with E-state index in [1.807, 2.05) is 12.3 Å². The summed E-state index contributed by atoms with van der Waals surface area (Å²) in [5.41, 5.74) is 3.08. The molecule has 5 rings (SSSR count). The Hall–Kier alpha value is -2.14. The number of rotatable bonds is 4. The lowest BCUT2D eigenvalue weighted by Crippen LogP contribution is -2.44. The van der Waals surface area contributed by atoms with Gasteiger partial charge in [0.15, 0.2) is 0 Å². The summed E-state index contributed by atoms with van der Waals surface area (Å²) in [5.74, 6) is 1.25. The normalized spacial score (nSPS) is 23.8. The number of carbonyl (C=O) groups is 1. The lowest BCUT2D eigenvalue weighted by molar-refractivity contribution is -0.119. The smallest absolute Gasteiger partial charge is 0.228 e. The molecule has 1 saturated carbocycles. The standard InChI is InChI=1S/C24H32N4O/c29-24(19-6-2-3-7-19)26-23-11-14-25-28(23)21-12-15-27(16-13-21)22-10-9-18-5-1-4-8-20(18)17-22/h1,4-5,8,11,14,19,21-22H,2-3,6-7,9-10,12-13,15-17H2,(H,26,29)/t22-/m1/s1. The number of piperidine rings is 1. The molecule has 29 heavy (non-hydrogen) atoms. The summed E-state index contributed by atoms with van der Waals surface area (Å²) in [6, 6.07) is 11.9. The Morgan fingerprint density at radius 1 is 0.931 bits per heavy atom. The number of aryl methyl sites for hydroxylation is 1. The van der Waals surface area contributed by atoms with Gasteiger partial charge in [-0.05, 0) is 56.1 Å². The van der Waals surface area contributed by atoms with Crippen molar-refractivity contribution in [3.8, 4) is 0 Å². The molecule has 3 aliphatic rings. The molecule has 5 nitrogen and oxygen atoms in total. The van der Waals surface area contributed by atoms with Gasteiger partial charge in [-0.25, -0.2) is 4.68 Å². The van der Waals surface area contributed by atoms with Gasteiger partial charge in [0.05, 0.1) is 12.2 Å². The summed E-state index contributed by atoms with van der Waals surface area (Å²) in [7, 11) is 0. The quantitative estimate of drug-likeness (QED) is 0.848. The number of hydrogen-bond donors (Lipinski definition) is 1. The van der Waals surface area contributed by atoms with E-state index >= 15 is 0 Å². The molecule has 0 bridgehead atoms. The zero-order chi connectivity index (χ0) is 19.6. The maximum Gasteiger partial charge on any atom is 0.228 e. The Bertz CT molecular complexity index is 846. The molecule has 1 amide bonds. The third kappa shape index (κ3) is 3.97. The fourth-order valence-electron chi connectivity index (χ4n) is 5.61. The van der Waals surface area contributed by atoms with E-state index in [1.165, 1.54) is 43.2 Å². The molecular formula is C24H32N4O. The van der Waals surface area contributed by atoms with E-state index in [0.29, 0.717) is 12.1 Å². The van der Waals surface area contributed by atoms with Crippen LogP contribution < -0.4 is 5.32 Å². The third-order valence-electron chi connectivity index (χ3n) is 7.33. The Morgan fingerprint density at radius 2 is 1.69 bits per heavy atom. The average molecular weight is 393 g/mol. The summed E-state index contributed by atoms with van der Waals surface area (Å²) in [6.07, 6.45) is 12.1. The van der Waals surface area contributed by atoms with Gasteiger partial charge in [0.1, 0.15) is 5.82 Å². The van der Waals surface area contributed by atoms with Gasteiger partial charge in [-0.2, -0.15) is 5.10 Å². The second-order valence-corrected chi connectivity index (χ2v) is 9.06. The lowest BCUT2D eigenvalue weighted by Gasteiger charge is -2.40. The van der Waals surface area contributed by atoms with Crippen molar-refractivity contribution in [2.24, 2.45) is 5.92 Å². The Labute approximate surface area is 173 Å². The van der Waals surface area contributed by atoms with E-state index < -0.39 is 0 Å². The van der Waals surface area contributed by atoms with E-state index in [4.69, 9.17) is 0 Å². The number of carbonyl (C=O) groups excluding carboxylic acids is 1. The van der Waals surface area contributed by atoms with Gasteiger partial charge in [0.2, 0.25) is 5.91 Å². The van der Waals surface area contributed by atoms with Crippen molar-refractivity contribution in [2.75, 3.05) is 18.4 Å². The van der Waals surface area contributed by atoms with E-state index in [2.05, 4.69) is 44.3 Å². The number of likely N-dealkylation sites (tertiary alicyclic amines) is 1. The van der Waals surface area contributed by atoms with Crippen molar-refractivity contribution < 1.29 is 4.79 Å². The van der Waals surface area contributed by atoms with Gasteiger partial charge >= 0.3 is 0 Å². The fourth-order valence-corrected chi connectivity index (χ4v) is 5.61. The maximum atomic E-state index is 12.5. The van der Waals surface area contributed by atoms with Gasteiger partial charge in [-0.3, -0.25) is 9.69 Å². The van der Waals surface area contributed by atoms with Crippen LogP contribution in [0.4, 0.5) is 5.82 Å². The van der Waals surface area contributed by atoms with E-state index in [9.17, 15) is 4.79 Å². The molecule has 0 spiro atoms. The van der Waals surface area contributed by atoms with Crippen LogP contribution in [0.2, 0.25) is 0 Å². The van der Waals surface area contributed by atoms with Crippen LogP contribution >= 0.6 is 0 Å². The first kappa shape index (κ1) is 18.9. The molecule has 0 radical (unpaired) electrons. The molecule has 1 N–H and O–H groups in total. The molecule has 2 aromatic rings. The van der Waals surface area contributed by atoms with E-state index in [0.717, 1.165) is 44.6 Å². The molecule has 2 aliphatic carbocycles. The molecule has 154 valence electrons. The highest BCUT2D eigenvalue weighted by atomic mass is 16.2. The molecule has 2 heterocycles. The van der Waals surface area contributed by atoms with Crippen molar-refractivity contribution >= 4 is 11.7 Å². The lowest BCUT2D eigenvalue weighted by atomic mass is 9.86. The van der Waals surface area contributed by atoms with Crippen LogP contribution in [0.15, 0.2) is 36.5 Å². The number of fused-ring (bicyclic) bond motifs is 1. The highest BCUT2D eigenvalue weighted by molar-refractivity contribution is 5.91. The average Bonchev–Trinajstić information content (AvgIpc) is 3.46. The molecule has 1 saturated heterocycles. The molecule has 5 heteroatoms. The van der Waals surface area contributed by atoms with Gasteiger partial charge in [-0.1, -0.05) is 37.1 Å². The number of aromatic nitrogens is 2. The van der Waals surface area contributed by atoms with Crippen LogP contribution in [0.25, 0.3) is 0 Å². The van der Waals surface area contributed by atoms with Crippen LogP contribution in [0.3, 0.4) is 0 Å². The van der Waals surface area contributed by atoms with E-state index in [-0.39, 0.29) is 11.8 Å². The number of amides is 1. The molecule has 1 atom stereocenters. The van der Waals surface area contributed by atoms with Crippen LogP contribution in [0, 0.1) is 5.92 Å². The van der Waals surface area contributed by atoms with Crippen LogP contribution in [0.5, 0.6) is 0 Å². The fraction of sp³-hybridized carbons (Fsp3) is 0.583. The first-order chi connectivity index (χ1) is 14.3. The van der Waals surface area contributed by atoms with Gasteiger partial charge < -0.3 is 5.32 Å². The van der Waals surface area contributed by atoms with Crippen LogP contribution in [0.1, 0.15) is 62.1 Å². The topological polar surface area (TPSA) is 50.2 Å². The summed E-state index contributed by atoms with van der Waals surface area (Å²) in [4.78, 5) is 15.2. The minimum absolute atomic E-state index is 0.183. The maximum absolute atomic E-state index is 12.5. The second kappa shape index (κ2) is 8.31. The zero-order valence-electron chi connectivity index (χ0n) is 17.2. The second-order valence-electron chi connectivity index (χ2n) is 9.06.